The maximum atomic E-state index is 12.3. The van der Waals surface area contributed by atoms with Crippen molar-refractivity contribution in [1.82, 2.24) is 0 Å². The third kappa shape index (κ3) is 3.00. The van der Waals surface area contributed by atoms with Crippen molar-refractivity contribution in [2.45, 2.75) is 12.5 Å². The number of ether oxygens (including phenoxy) is 1. The van der Waals surface area contributed by atoms with Gasteiger partial charge < -0.3 is 10.1 Å². The molecule has 1 atom stereocenters. The van der Waals surface area contributed by atoms with Crippen molar-refractivity contribution in [2.75, 3.05) is 5.32 Å². The molecule has 3 rings (SSSR count). The second-order valence-corrected chi connectivity index (χ2v) is 6.19. The van der Waals surface area contributed by atoms with E-state index in [9.17, 15) is 9.59 Å². The molecular formula is C16H11BrClNO3. The molecule has 4 nitrogen and oxygen atoms in total. The number of cyclic esters (lactones) is 1. The normalized spacial score (nSPS) is 16.6. The van der Waals surface area contributed by atoms with E-state index in [-0.39, 0.29) is 0 Å². The number of fused-ring (bicyclic) bond motifs is 1. The van der Waals surface area contributed by atoms with Crippen molar-refractivity contribution in [1.29, 1.82) is 0 Å². The van der Waals surface area contributed by atoms with Gasteiger partial charge in [-0.05, 0) is 29.8 Å². The predicted molar refractivity (Wildman–Crippen MR) is 87.1 cm³/mol. The van der Waals surface area contributed by atoms with Gasteiger partial charge in [0.25, 0.3) is 5.91 Å². The van der Waals surface area contributed by atoms with Crippen molar-refractivity contribution in [3.05, 3.63) is 63.1 Å². The number of carbonyl (C=O) groups excluding carboxylic acids is 2. The average Bonchev–Trinajstić information content (AvgIpc) is 2.50. The van der Waals surface area contributed by atoms with Gasteiger partial charge in [0.15, 0.2) is 6.10 Å². The summed E-state index contributed by atoms with van der Waals surface area (Å²) in [5.41, 5.74) is 1.79. The van der Waals surface area contributed by atoms with Crippen molar-refractivity contribution in [3.63, 3.8) is 0 Å². The van der Waals surface area contributed by atoms with Crippen molar-refractivity contribution in [3.8, 4) is 0 Å². The second-order valence-electron chi connectivity index (χ2n) is 4.87. The minimum atomic E-state index is -0.859. The SMILES string of the molecule is O=C1OC(C(=O)Nc2ccc(Br)cc2Cl)Cc2ccccc21. The summed E-state index contributed by atoms with van der Waals surface area (Å²) in [6, 6.07) is 12.2. The molecule has 0 spiro atoms. The Labute approximate surface area is 140 Å². The molecule has 22 heavy (non-hydrogen) atoms. The molecule has 1 N–H and O–H groups in total. The van der Waals surface area contributed by atoms with Gasteiger partial charge in [0.1, 0.15) is 0 Å². The van der Waals surface area contributed by atoms with Gasteiger partial charge in [-0.1, -0.05) is 45.7 Å². The molecule has 1 aliphatic rings. The highest BCUT2D eigenvalue weighted by molar-refractivity contribution is 9.10. The molecule has 2 aromatic carbocycles. The number of rotatable bonds is 2. The number of nitrogens with one attached hydrogen (secondary N) is 1. The lowest BCUT2D eigenvalue weighted by molar-refractivity contribution is -0.125. The van der Waals surface area contributed by atoms with E-state index in [1.54, 1.807) is 30.3 Å². The monoisotopic (exact) mass is 379 g/mol. The minimum Gasteiger partial charge on any atom is -0.448 e. The van der Waals surface area contributed by atoms with Crippen LogP contribution in [0, 0.1) is 0 Å². The van der Waals surface area contributed by atoms with Crippen molar-refractivity contribution >= 4 is 45.1 Å². The van der Waals surface area contributed by atoms with Gasteiger partial charge in [-0.25, -0.2) is 4.79 Å². The van der Waals surface area contributed by atoms with Gasteiger partial charge >= 0.3 is 5.97 Å². The molecule has 0 aliphatic carbocycles. The summed E-state index contributed by atoms with van der Waals surface area (Å²) in [5, 5.41) is 3.10. The van der Waals surface area contributed by atoms with Crippen molar-refractivity contribution in [2.24, 2.45) is 0 Å². The van der Waals surface area contributed by atoms with Gasteiger partial charge in [-0.2, -0.15) is 0 Å². The fourth-order valence-corrected chi connectivity index (χ4v) is 3.00. The summed E-state index contributed by atoms with van der Waals surface area (Å²) in [6.45, 7) is 0. The van der Waals surface area contributed by atoms with Crippen LogP contribution in [0.4, 0.5) is 5.69 Å². The van der Waals surface area contributed by atoms with E-state index in [0.29, 0.717) is 22.7 Å². The standard InChI is InChI=1S/C16H11BrClNO3/c17-10-5-6-13(12(18)8-10)19-15(20)14-7-9-3-1-2-4-11(9)16(21)22-14/h1-6,8,14H,7H2,(H,19,20). The minimum absolute atomic E-state index is 0.349. The van der Waals surface area contributed by atoms with Crippen LogP contribution in [0.2, 0.25) is 5.02 Å². The van der Waals surface area contributed by atoms with Gasteiger partial charge in [-0.15, -0.1) is 0 Å². The Morgan fingerprint density at radius 2 is 2.05 bits per heavy atom. The molecule has 1 heterocycles. The first-order valence-electron chi connectivity index (χ1n) is 6.59. The quantitative estimate of drug-likeness (QED) is 0.806. The molecule has 0 bridgehead atoms. The Morgan fingerprint density at radius 3 is 2.82 bits per heavy atom. The second kappa shape index (κ2) is 6.10. The Morgan fingerprint density at radius 1 is 1.27 bits per heavy atom. The van der Waals surface area contributed by atoms with Crippen LogP contribution in [0.15, 0.2) is 46.9 Å². The van der Waals surface area contributed by atoms with Gasteiger partial charge in [0.2, 0.25) is 0 Å². The van der Waals surface area contributed by atoms with Gasteiger partial charge in [-0.3, -0.25) is 4.79 Å². The topological polar surface area (TPSA) is 55.4 Å². The highest BCUT2D eigenvalue weighted by Crippen LogP contribution is 2.27. The number of esters is 1. The highest BCUT2D eigenvalue weighted by Gasteiger charge is 2.31. The van der Waals surface area contributed by atoms with E-state index in [1.165, 1.54) is 0 Å². The predicted octanol–water partition coefficient (Wildman–Crippen LogP) is 3.82. The van der Waals surface area contributed by atoms with Crippen LogP contribution in [0.1, 0.15) is 15.9 Å². The van der Waals surface area contributed by atoms with Crippen LogP contribution in [0.3, 0.4) is 0 Å². The van der Waals surface area contributed by atoms with Crippen LogP contribution >= 0.6 is 27.5 Å². The molecule has 6 heteroatoms. The fourth-order valence-electron chi connectivity index (χ4n) is 2.28. The lowest BCUT2D eigenvalue weighted by Gasteiger charge is -2.24. The van der Waals surface area contributed by atoms with Crippen LogP contribution in [-0.4, -0.2) is 18.0 Å². The van der Waals surface area contributed by atoms with Gasteiger partial charge in [0.05, 0.1) is 16.3 Å². The van der Waals surface area contributed by atoms with Crippen LogP contribution in [0.25, 0.3) is 0 Å². The average molecular weight is 381 g/mol. The fraction of sp³-hybridized carbons (Fsp3) is 0.125. The van der Waals surface area contributed by atoms with Crippen LogP contribution in [0.5, 0.6) is 0 Å². The third-order valence-electron chi connectivity index (χ3n) is 3.37. The summed E-state index contributed by atoms with van der Waals surface area (Å²) in [4.78, 5) is 24.2. The number of benzene rings is 2. The summed E-state index contributed by atoms with van der Waals surface area (Å²) < 4.78 is 6.02. The first-order valence-corrected chi connectivity index (χ1v) is 7.76. The van der Waals surface area contributed by atoms with E-state index in [1.807, 2.05) is 12.1 Å². The van der Waals surface area contributed by atoms with E-state index >= 15 is 0 Å². The molecule has 0 saturated carbocycles. The molecule has 1 unspecified atom stereocenters. The van der Waals surface area contributed by atoms with Crippen molar-refractivity contribution < 1.29 is 14.3 Å². The van der Waals surface area contributed by atoms with E-state index in [0.717, 1.165) is 10.0 Å². The first kappa shape index (κ1) is 15.1. The molecule has 1 amide bonds. The summed E-state index contributed by atoms with van der Waals surface area (Å²) >= 11 is 9.37. The third-order valence-corrected chi connectivity index (χ3v) is 4.18. The smallest absolute Gasteiger partial charge is 0.339 e. The Kier molecular flexibility index (Phi) is 4.18. The lowest BCUT2D eigenvalue weighted by atomic mass is 9.98. The zero-order valence-electron chi connectivity index (χ0n) is 11.3. The molecule has 0 fully saturated rings. The number of amides is 1. The molecule has 1 aliphatic heterocycles. The van der Waals surface area contributed by atoms with E-state index in [4.69, 9.17) is 16.3 Å². The highest BCUT2D eigenvalue weighted by atomic mass is 79.9. The van der Waals surface area contributed by atoms with E-state index in [2.05, 4.69) is 21.2 Å². The molecular weight excluding hydrogens is 370 g/mol. The number of halogens is 2. The summed E-state index contributed by atoms with van der Waals surface area (Å²) in [6.07, 6.45) is -0.510. The number of anilines is 1. The molecule has 0 saturated heterocycles. The van der Waals surface area contributed by atoms with E-state index < -0.39 is 18.0 Å². The number of carbonyl (C=O) groups is 2. The summed E-state index contributed by atoms with van der Waals surface area (Å²) in [5.74, 6) is -0.879. The maximum Gasteiger partial charge on any atom is 0.339 e. The van der Waals surface area contributed by atoms with Crippen LogP contribution < -0.4 is 5.32 Å². The first-order chi connectivity index (χ1) is 10.5. The maximum absolute atomic E-state index is 12.3. The zero-order chi connectivity index (χ0) is 15.7. The number of hydrogen-bond acceptors (Lipinski definition) is 3. The Bertz CT molecular complexity index is 763. The number of hydrogen-bond donors (Lipinski definition) is 1. The molecule has 0 radical (unpaired) electrons. The zero-order valence-corrected chi connectivity index (χ0v) is 13.6. The van der Waals surface area contributed by atoms with Crippen LogP contribution in [-0.2, 0) is 16.0 Å². The Hall–Kier alpha value is -1.85. The lowest BCUT2D eigenvalue weighted by Crippen LogP contribution is -2.38. The largest absolute Gasteiger partial charge is 0.448 e. The Balaban J connectivity index is 1.78. The van der Waals surface area contributed by atoms with Gasteiger partial charge in [0, 0.05) is 10.9 Å². The molecule has 112 valence electrons. The molecule has 2 aromatic rings. The summed E-state index contributed by atoms with van der Waals surface area (Å²) in [7, 11) is 0. The molecule has 0 aromatic heterocycles.